The van der Waals surface area contributed by atoms with Gasteiger partial charge in [-0.05, 0) is 37.6 Å². The Bertz CT molecular complexity index is 374. The molecule has 0 spiro atoms. The second kappa shape index (κ2) is 7.04. The van der Waals surface area contributed by atoms with Crippen LogP contribution in [0.25, 0.3) is 0 Å². The second-order valence-electron chi connectivity index (χ2n) is 5.95. The molecule has 4 nitrogen and oxygen atoms in total. The minimum Gasteiger partial charge on any atom is -0.309 e. The molecule has 2 rings (SSSR count). The Morgan fingerprint density at radius 2 is 2.26 bits per heavy atom. The number of rotatable bonds is 6. The molecule has 0 amide bonds. The topological polar surface area (TPSA) is 42.7 Å². The highest BCUT2D eigenvalue weighted by Gasteiger charge is 2.29. The summed E-state index contributed by atoms with van der Waals surface area (Å²) in [5.74, 6) is 1.59. The third kappa shape index (κ3) is 3.56. The Hall–Kier alpha value is -0.900. The van der Waals surface area contributed by atoms with Crippen LogP contribution in [0.15, 0.2) is 6.20 Å². The van der Waals surface area contributed by atoms with Crippen molar-refractivity contribution in [2.45, 2.75) is 65.5 Å². The Morgan fingerprint density at radius 1 is 1.42 bits per heavy atom. The van der Waals surface area contributed by atoms with Crippen LogP contribution in [0.3, 0.4) is 0 Å². The SMILES string of the molecule is CCCn1nncc1C(NCC)C1CCCC(C)C1. The molecule has 1 aromatic rings. The van der Waals surface area contributed by atoms with Crippen LogP contribution in [-0.4, -0.2) is 21.5 Å². The molecule has 0 saturated heterocycles. The number of hydrogen-bond acceptors (Lipinski definition) is 3. The first-order valence-corrected chi connectivity index (χ1v) is 7.88. The van der Waals surface area contributed by atoms with Gasteiger partial charge in [0.25, 0.3) is 0 Å². The predicted octanol–water partition coefficient (Wildman–Crippen LogP) is 3.17. The number of hydrogen-bond donors (Lipinski definition) is 1. The monoisotopic (exact) mass is 264 g/mol. The third-order valence-electron chi connectivity index (χ3n) is 4.27. The molecule has 0 aliphatic heterocycles. The molecular formula is C15H28N4. The van der Waals surface area contributed by atoms with Crippen molar-refractivity contribution in [1.29, 1.82) is 0 Å². The maximum Gasteiger partial charge on any atom is 0.0759 e. The summed E-state index contributed by atoms with van der Waals surface area (Å²) in [5.41, 5.74) is 1.28. The zero-order chi connectivity index (χ0) is 13.7. The van der Waals surface area contributed by atoms with Gasteiger partial charge in [0, 0.05) is 6.54 Å². The Kier molecular flexibility index (Phi) is 5.37. The van der Waals surface area contributed by atoms with Crippen LogP contribution in [0.5, 0.6) is 0 Å². The van der Waals surface area contributed by atoms with E-state index in [1.54, 1.807) is 0 Å². The lowest BCUT2D eigenvalue weighted by Gasteiger charge is -2.33. The summed E-state index contributed by atoms with van der Waals surface area (Å²) in [5, 5.41) is 12.1. The van der Waals surface area contributed by atoms with Crippen molar-refractivity contribution < 1.29 is 0 Å². The zero-order valence-corrected chi connectivity index (χ0v) is 12.6. The van der Waals surface area contributed by atoms with Crippen molar-refractivity contribution >= 4 is 0 Å². The smallest absolute Gasteiger partial charge is 0.0759 e. The minimum absolute atomic E-state index is 0.425. The molecule has 1 fully saturated rings. The Morgan fingerprint density at radius 3 is 2.95 bits per heavy atom. The lowest BCUT2D eigenvalue weighted by Crippen LogP contribution is -2.33. The van der Waals surface area contributed by atoms with Crippen LogP contribution in [0.2, 0.25) is 0 Å². The first-order chi connectivity index (χ1) is 9.26. The quantitative estimate of drug-likeness (QED) is 0.858. The van der Waals surface area contributed by atoms with Crippen molar-refractivity contribution in [2.24, 2.45) is 11.8 Å². The van der Waals surface area contributed by atoms with Gasteiger partial charge in [-0.3, -0.25) is 0 Å². The van der Waals surface area contributed by atoms with Crippen molar-refractivity contribution in [3.63, 3.8) is 0 Å². The first kappa shape index (κ1) is 14.5. The van der Waals surface area contributed by atoms with Gasteiger partial charge in [-0.25, -0.2) is 4.68 Å². The van der Waals surface area contributed by atoms with Gasteiger partial charge < -0.3 is 5.32 Å². The van der Waals surface area contributed by atoms with E-state index in [1.807, 2.05) is 6.20 Å². The fourth-order valence-electron chi connectivity index (χ4n) is 3.41. The van der Waals surface area contributed by atoms with Gasteiger partial charge in [0.2, 0.25) is 0 Å². The van der Waals surface area contributed by atoms with Crippen LogP contribution in [0.4, 0.5) is 0 Å². The average Bonchev–Trinajstić information content (AvgIpc) is 2.84. The fourth-order valence-corrected chi connectivity index (χ4v) is 3.41. The van der Waals surface area contributed by atoms with Crippen molar-refractivity contribution in [1.82, 2.24) is 20.3 Å². The molecular weight excluding hydrogens is 236 g/mol. The highest BCUT2D eigenvalue weighted by molar-refractivity contribution is 5.05. The van der Waals surface area contributed by atoms with Gasteiger partial charge in [0.05, 0.1) is 17.9 Å². The largest absolute Gasteiger partial charge is 0.309 e. The van der Waals surface area contributed by atoms with E-state index < -0.39 is 0 Å². The summed E-state index contributed by atoms with van der Waals surface area (Å²) in [7, 11) is 0. The summed E-state index contributed by atoms with van der Waals surface area (Å²) in [4.78, 5) is 0. The predicted molar refractivity (Wildman–Crippen MR) is 77.9 cm³/mol. The van der Waals surface area contributed by atoms with Crippen LogP contribution < -0.4 is 5.32 Å². The van der Waals surface area contributed by atoms with E-state index in [-0.39, 0.29) is 0 Å². The van der Waals surface area contributed by atoms with Crippen LogP contribution in [-0.2, 0) is 6.54 Å². The lowest BCUT2D eigenvalue weighted by atomic mass is 9.77. The summed E-state index contributed by atoms with van der Waals surface area (Å²) in [6, 6.07) is 0.425. The summed E-state index contributed by atoms with van der Waals surface area (Å²) in [6.45, 7) is 8.74. The molecule has 0 aromatic carbocycles. The van der Waals surface area contributed by atoms with E-state index in [4.69, 9.17) is 0 Å². The summed E-state index contributed by atoms with van der Waals surface area (Å²) >= 11 is 0. The van der Waals surface area contributed by atoms with Gasteiger partial charge in [-0.15, -0.1) is 5.10 Å². The number of nitrogens with one attached hydrogen (secondary N) is 1. The highest BCUT2D eigenvalue weighted by atomic mass is 15.4. The van der Waals surface area contributed by atoms with Gasteiger partial charge in [0.1, 0.15) is 0 Å². The minimum atomic E-state index is 0.425. The number of aromatic nitrogens is 3. The molecule has 0 radical (unpaired) electrons. The summed E-state index contributed by atoms with van der Waals surface area (Å²) in [6.07, 6.45) is 8.48. The maximum absolute atomic E-state index is 4.25. The van der Waals surface area contributed by atoms with E-state index in [2.05, 4.69) is 41.1 Å². The van der Waals surface area contributed by atoms with Crippen LogP contribution in [0.1, 0.15) is 64.6 Å². The molecule has 3 atom stereocenters. The number of aryl methyl sites for hydroxylation is 1. The van der Waals surface area contributed by atoms with Gasteiger partial charge in [-0.2, -0.15) is 0 Å². The van der Waals surface area contributed by atoms with E-state index in [9.17, 15) is 0 Å². The van der Waals surface area contributed by atoms with E-state index in [0.29, 0.717) is 6.04 Å². The van der Waals surface area contributed by atoms with Crippen LogP contribution >= 0.6 is 0 Å². The lowest BCUT2D eigenvalue weighted by molar-refractivity contribution is 0.218. The first-order valence-electron chi connectivity index (χ1n) is 7.88. The Labute approximate surface area is 117 Å². The van der Waals surface area contributed by atoms with Crippen molar-refractivity contribution in [2.75, 3.05) is 6.54 Å². The standard InChI is InChI=1S/C15H28N4/c1-4-9-19-14(11-17-18-19)15(16-5-2)13-8-6-7-12(3)10-13/h11-13,15-16H,4-10H2,1-3H3. The van der Waals surface area contributed by atoms with E-state index in [0.717, 1.165) is 31.3 Å². The molecule has 4 heteroatoms. The van der Waals surface area contributed by atoms with Gasteiger partial charge >= 0.3 is 0 Å². The molecule has 0 bridgehead atoms. The maximum atomic E-state index is 4.25. The Balaban J connectivity index is 2.16. The van der Waals surface area contributed by atoms with E-state index >= 15 is 0 Å². The summed E-state index contributed by atoms with van der Waals surface area (Å²) < 4.78 is 2.09. The third-order valence-corrected chi connectivity index (χ3v) is 4.27. The molecule has 1 heterocycles. The van der Waals surface area contributed by atoms with Crippen molar-refractivity contribution in [3.05, 3.63) is 11.9 Å². The van der Waals surface area contributed by atoms with Gasteiger partial charge in [0.15, 0.2) is 0 Å². The second-order valence-corrected chi connectivity index (χ2v) is 5.95. The van der Waals surface area contributed by atoms with Gasteiger partial charge in [-0.1, -0.05) is 38.8 Å². The molecule has 1 aromatic heterocycles. The molecule has 3 unspecified atom stereocenters. The molecule has 19 heavy (non-hydrogen) atoms. The van der Waals surface area contributed by atoms with Crippen molar-refractivity contribution in [3.8, 4) is 0 Å². The number of nitrogens with zero attached hydrogens (tertiary/aromatic N) is 3. The molecule has 1 aliphatic carbocycles. The molecule has 1 aliphatic rings. The normalized spacial score (nSPS) is 25.4. The molecule has 108 valence electrons. The molecule has 1 N–H and O–H groups in total. The van der Waals surface area contributed by atoms with E-state index in [1.165, 1.54) is 31.4 Å². The van der Waals surface area contributed by atoms with Crippen LogP contribution in [0, 0.1) is 11.8 Å². The fraction of sp³-hybridized carbons (Fsp3) is 0.867. The highest BCUT2D eigenvalue weighted by Crippen LogP contribution is 2.36. The average molecular weight is 264 g/mol. The molecule has 1 saturated carbocycles. The zero-order valence-electron chi connectivity index (χ0n) is 12.6.